The molecule has 13 heteroatoms. The molecule has 4 aromatic rings. The van der Waals surface area contributed by atoms with E-state index in [2.05, 4.69) is 19.9 Å². The molecule has 0 atom stereocenters. The molecule has 0 aliphatic heterocycles. The lowest BCUT2D eigenvalue weighted by Crippen LogP contribution is -2.12. The van der Waals surface area contributed by atoms with Crippen molar-refractivity contribution in [2.24, 2.45) is 0 Å². The molecule has 0 amide bonds. The van der Waals surface area contributed by atoms with Gasteiger partial charge in [0, 0.05) is 17.9 Å². The van der Waals surface area contributed by atoms with E-state index >= 15 is 0 Å². The molecular formula is C24H23F3N4O4S2. The molecule has 8 nitrogen and oxygen atoms in total. The van der Waals surface area contributed by atoms with E-state index in [1.54, 1.807) is 0 Å². The van der Waals surface area contributed by atoms with Crippen LogP contribution in [-0.4, -0.2) is 23.6 Å². The highest BCUT2D eigenvalue weighted by Crippen LogP contribution is 2.33. The maximum Gasteiger partial charge on any atom is 0.416 e. The average Bonchev–Trinajstić information content (AvgIpc) is 3.49. The number of ether oxygens (including phenoxy) is 1. The monoisotopic (exact) mass is 552 g/mol. The highest BCUT2D eigenvalue weighted by atomic mass is 32.2. The first-order valence-corrected chi connectivity index (χ1v) is 13.5. The standard InChI is InChI=1S/C24H23F3N4O4S2/c1-4-20-19(28-21(35-20)15-6-5-7-16(12-15)24(25,26)27)13-34-17-8-10-18(11-9-17)37(32,33)31-23-30-29-22(36-23)14(2)3/h5-12,14H,4,13H2,1-3H3,(H,30,31). The zero-order valence-corrected chi connectivity index (χ0v) is 21.7. The number of halogens is 3. The Bertz CT molecular complexity index is 1480. The molecule has 2 heterocycles. The quantitative estimate of drug-likeness (QED) is 0.260. The van der Waals surface area contributed by atoms with Crippen molar-refractivity contribution in [3.63, 3.8) is 0 Å². The van der Waals surface area contributed by atoms with Crippen LogP contribution in [0.5, 0.6) is 5.75 Å². The zero-order valence-electron chi connectivity index (χ0n) is 20.0. The number of aromatic nitrogens is 3. The summed E-state index contributed by atoms with van der Waals surface area (Å²) < 4.78 is 78.4. The summed E-state index contributed by atoms with van der Waals surface area (Å²) in [6.45, 7) is 5.69. The first kappa shape index (κ1) is 26.6. The topological polar surface area (TPSA) is 107 Å². The van der Waals surface area contributed by atoms with E-state index in [1.165, 1.54) is 47.7 Å². The number of nitrogens with zero attached hydrogens (tertiary/aromatic N) is 3. The van der Waals surface area contributed by atoms with Crippen molar-refractivity contribution in [1.82, 2.24) is 15.2 Å². The van der Waals surface area contributed by atoms with Gasteiger partial charge in [0.15, 0.2) is 0 Å². The number of hydrogen-bond acceptors (Lipinski definition) is 8. The van der Waals surface area contributed by atoms with E-state index in [-0.39, 0.29) is 34.0 Å². The molecule has 0 spiro atoms. The van der Waals surface area contributed by atoms with E-state index in [1.807, 2.05) is 20.8 Å². The molecule has 2 aromatic heterocycles. The van der Waals surface area contributed by atoms with Crippen molar-refractivity contribution in [2.75, 3.05) is 4.72 Å². The molecule has 4 rings (SSSR count). The second-order valence-electron chi connectivity index (χ2n) is 8.29. The van der Waals surface area contributed by atoms with Crippen molar-refractivity contribution < 1.29 is 30.7 Å². The number of rotatable bonds is 9. The molecule has 0 saturated heterocycles. The van der Waals surface area contributed by atoms with Gasteiger partial charge in [-0.25, -0.2) is 13.4 Å². The Labute approximate surface area is 215 Å². The van der Waals surface area contributed by atoms with Gasteiger partial charge in [-0.05, 0) is 42.5 Å². The van der Waals surface area contributed by atoms with Crippen molar-refractivity contribution in [3.8, 4) is 17.2 Å². The van der Waals surface area contributed by atoms with Gasteiger partial charge in [0.25, 0.3) is 10.0 Å². The third-order valence-corrected chi connectivity index (χ3v) is 7.83. The minimum atomic E-state index is -4.48. The lowest BCUT2D eigenvalue weighted by Gasteiger charge is -2.08. The minimum absolute atomic E-state index is 0.0151. The van der Waals surface area contributed by atoms with Crippen LogP contribution in [0.15, 0.2) is 57.8 Å². The molecule has 0 aliphatic carbocycles. The fourth-order valence-electron chi connectivity index (χ4n) is 3.27. The molecule has 0 radical (unpaired) electrons. The summed E-state index contributed by atoms with van der Waals surface area (Å²) in [5.74, 6) is 1.05. The zero-order chi connectivity index (χ0) is 26.8. The molecule has 0 saturated carbocycles. The van der Waals surface area contributed by atoms with Crippen LogP contribution in [0, 0.1) is 0 Å². The normalized spacial score (nSPS) is 12.2. The number of sulfonamides is 1. The third kappa shape index (κ3) is 6.28. The summed E-state index contributed by atoms with van der Waals surface area (Å²) >= 11 is 1.17. The lowest BCUT2D eigenvalue weighted by atomic mass is 10.1. The van der Waals surface area contributed by atoms with Gasteiger partial charge >= 0.3 is 6.18 Å². The van der Waals surface area contributed by atoms with E-state index in [0.29, 0.717) is 23.6 Å². The molecule has 0 aliphatic rings. The van der Waals surface area contributed by atoms with Gasteiger partial charge in [-0.15, -0.1) is 10.2 Å². The van der Waals surface area contributed by atoms with Crippen molar-refractivity contribution >= 4 is 26.5 Å². The Morgan fingerprint density at radius 3 is 2.46 bits per heavy atom. The number of alkyl halides is 3. The van der Waals surface area contributed by atoms with Crippen molar-refractivity contribution in [1.29, 1.82) is 0 Å². The van der Waals surface area contributed by atoms with Gasteiger partial charge in [-0.1, -0.05) is 38.2 Å². The number of nitrogens with one attached hydrogen (secondary N) is 1. The molecule has 0 bridgehead atoms. The SMILES string of the molecule is CCc1oc(-c2cccc(C(F)(F)F)c2)nc1COc1ccc(S(=O)(=O)Nc2nnc(C(C)C)s2)cc1. The molecular weight excluding hydrogens is 529 g/mol. The summed E-state index contributed by atoms with van der Waals surface area (Å²) in [6, 6.07) is 10.5. The van der Waals surface area contributed by atoms with Crippen molar-refractivity contribution in [2.45, 2.75) is 50.8 Å². The van der Waals surface area contributed by atoms with Crippen LogP contribution in [0.25, 0.3) is 11.5 Å². The van der Waals surface area contributed by atoms with E-state index in [4.69, 9.17) is 9.15 Å². The van der Waals surface area contributed by atoms with E-state index in [9.17, 15) is 21.6 Å². The summed E-state index contributed by atoms with van der Waals surface area (Å²) in [5.41, 5.74) is -0.158. The van der Waals surface area contributed by atoms with Gasteiger partial charge in [-0.2, -0.15) is 13.2 Å². The largest absolute Gasteiger partial charge is 0.487 e. The van der Waals surface area contributed by atoms with Crippen LogP contribution in [0.4, 0.5) is 18.3 Å². The first-order valence-electron chi connectivity index (χ1n) is 11.2. The smallest absolute Gasteiger partial charge is 0.416 e. The van der Waals surface area contributed by atoms with Gasteiger partial charge in [-0.3, -0.25) is 4.72 Å². The van der Waals surface area contributed by atoms with Gasteiger partial charge < -0.3 is 9.15 Å². The molecule has 196 valence electrons. The third-order valence-electron chi connectivity index (χ3n) is 5.20. The second kappa shape index (κ2) is 10.5. The van der Waals surface area contributed by atoms with Gasteiger partial charge in [0.2, 0.25) is 11.0 Å². The highest BCUT2D eigenvalue weighted by molar-refractivity contribution is 7.93. The summed E-state index contributed by atoms with van der Waals surface area (Å²) in [4.78, 5) is 4.35. The average molecular weight is 553 g/mol. The lowest BCUT2D eigenvalue weighted by molar-refractivity contribution is -0.137. The fraction of sp³-hybridized carbons (Fsp3) is 0.292. The first-order chi connectivity index (χ1) is 17.5. The van der Waals surface area contributed by atoms with Crippen LogP contribution in [0.1, 0.15) is 48.7 Å². The Morgan fingerprint density at radius 2 is 1.84 bits per heavy atom. The number of hydrogen-bond donors (Lipinski definition) is 1. The second-order valence-corrected chi connectivity index (χ2v) is 11.0. The number of anilines is 1. The molecule has 1 N–H and O–H groups in total. The van der Waals surface area contributed by atoms with Crippen LogP contribution >= 0.6 is 11.3 Å². The molecule has 0 unspecified atom stereocenters. The van der Waals surface area contributed by atoms with Crippen LogP contribution in [-0.2, 0) is 29.2 Å². The summed E-state index contributed by atoms with van der Waals surface area (Å²) in [5, 5.41) is 8.74. The summed E-state index contributed by atoms with van der Waals surface area (Å²) in [7, 11) is -3.87. The van der Waals surface area contributed by atoms with Crippen LogP contribution < -0.4 is 9.46 Å². The number of benzene rings is 2. The summed E-state index contributed by atoms with van der Waals surface area (Å²) in [6.07, 6.45) is -4.02. The maximum atomic E-state index is 13.1. The number of oxazole rings is 1. The van der Waals surface area contributed by atoms with Crippen LogP contribution in [0.2, 0.25) is 0 Å². The van der Waals surface area contributed by atoms with Gasteiger partial charge in [0.05, 0.1) is 10.5 Å². The molecule has 2 aromatic carbocycles. The highest BCUT2D eigenvalue weighted by Gasteiger charge is 2.31. The Kier molecular flexibility index (Phi) is 7.55. The van der Waals surface area contributed by atoms with Gasteiger partial charge in [0.1, 0.15) is 28.8 Å². The maximum absolute atomic E-state index is 13.1. The predicted octanol–water partition coefficient (Wildman–Crippen LogP) is 6.28. The van der Waals surface area contributed by atoms with E-state index < -0.39 is 21.8 Å². The van der Waals surface area contributed by atoms with Crippen molar-refractivity contribution in [3.05, 3.63) is 70.6 Å². The predicted molar refractivity (Wildman–Crippen MR) is 132 cm³/mol. The Hall–Kier alpha value is -3.45. The Balaban J connectivity index is 1.45. The van der Waals surface area contributed by atoms with E-state index in [0.717, 1.165) is 17.1 Å². The number of aryl methyl sites for hydroxylation is 1. The fourth-order valence-corrected chi connectivity index (χ4v) is 5.25. The minimum Gasteiger partial charge on any atom is -0.487 e. The van der Waals surface area contributed by atoms with Crippen LogP contribution in [0.3, 0.4) is 0 Å². The molecule has 37 heavy (non-hydrogen) atoms. The Morgan fingerprint density at radius 1 is 1.11 bits per heavy atom. The molecule has 0 fully saturated rings.